The van der Waals surface area contributed by atoms with Crippen molar-refractivity contribution in [2.75, 3.05) is 20.7 Å². The first-order valence-electron chi connectivity index (χ1n) is 6.74. The molecule has 0 aliphatic rings. The van der Waals surface area contributed by atoms with Crippen LogP contribution in [0.1, 0.15) is 15.9 Å². The molecule has 2 aromatic carbocycles. The number of likely N-dealkylation sites (N-methyl/N-ethyl adjacent to an activating group) is 1. The third kappa shape index (κ3) is 4.08. The number of carbonyl (C=O) groups excluding carboxylic acids is 1. The maximum atomic E-state index is 12.5. The fraction of sp³-hybridized carbons (Fsp3) is 0.235. The molecule has 0 heterocycles. The van der Waals surface area contributed by atoms with Crippen LogP contribution in [0.15, 0.2) is 53.0 Å². The molecule has 0 bridgehead atoms. The summed E-state index contributed by atoms with van der Waals surface area (Å²) in [5.41, 5.74) is 1.84. The van der Waals surface area contributed by atoms with Crippen molar-refractivity contribution in [3.63, 3.8) is 0 Å². The number of hydrogen-bond acceptors (Lipinski definition) is 2. The Morgan fingerprint density at radius 1 is 1.19 bits per heavy atom. The van der Waals surface area contributed by atoms with Crippen molar-refractivity contribution in [1.82, 2.24) is 4.90 Å². The molecule has 110 valence electrons. The van der Waals surface area contributed by atoms with E-state index >= 15 is 0 Å². The number of ether oxygens (including phenoxy) is 1. The zero-order valence-electron chi connectivity index (χ0n) is 12.2. The zero-order valence-corrected chi connectivity index (χ0v) is 13.8. The van der Waals surface area contributed by atoms with Gasteiger partial charge >= 0.3 is 0 Å². The Bertz CT molecular complexity index is 613. The van der Waals surface area contributed by atoms with E-state index in [1.807, 2.05) is 37.4 Å². The molecule has 0 saturated carbocycles. The number of nitrogens with zero attached hydrogens (tertiary/aromatic N) is 1. The van der Waals surface area contributed by atoms with Crippen molar-refractivity contribution in [2.24, 2.45) is 0 Å². The van der Waals surface area contributed by atoms with Gasteiger partial charge in [0.25, 0.3) is 5.91 Å². The molecule has 0 aliphatic carbocycles. The van der Waals surface area contributed by atoms with Gasteiger partial charge in [-0.25, -0.2) is 0 Å². The Morgan fingerprint density at radius 3 is 2.57 bits per heavy atom. The van der Waals surface area contributed by atoms with Gasteiger partial charge in [0.15, 0.2) is 0 Å². The summed E-state index contributed by atoms with van der Waals surface area (Å²) in [5, 5.41) is 0. The van der Waals surface area contributed by atoms with Gasteiger partial charge in [-0.3, -0.25) is 4.79 Å². The van der Waals surface area contributed by atoms with E-state index in [1.54, 1.807) is 18.1 Å². The second-order valence-electron chi connectivity index (χ2n) is 4.81. The normalized spacial score (nSPS) is 10.2. The Hall–Kier alpha value is -1.81. The van der Waals surface area contributed by atoms with Gasteiger partial charge < -0.3 is 9.64 Å². The number of benzene rings is 2. The molecule has 21 heavy (non-hydrogen) atoms. The fourth-order valence-corrected chi connectivity index (χ4v) is 2.46. The van der Waals surface area contributed by atoms with E-state index in [0.29, 0.717) is 17.9 Å². The summed E-state index contributed by atoms with van der Waals surface area (Å²) < 4.78 is 5.96. The van der Waals surface area contributed by atoms with Gasteiger partial charge in [-0.1, -0.05) is 30.3 Å². The maximum Gasteiger partial charge on any atom is 0.254 e. The molecule has 0 N–H and O–H groups in total. The topological polar surface area (TPSA) is 29.5 Å². The SMILES string of the molecule is COc1ccc(Br)c(C(=O)N(C)CCc2ccccc2)c1. The summed E-state index contributed by atoms with van der Waals surface area (Å²) in [5.74, 6) is 0.662. The Kier molecular flexibility index (Phi) is 5.39. The van der Waals surface area contributed by atoms with Gasteiger partial charge in [0.1, 0.15) is 5.75 Å². The number of rotatable bonds is 5. The number of hydrogen-bond donors (Lipinski definition) is 0. The zero-order chi connectivity index (χ0) is 15.2. The molecule has 1 amide bonds. The third-order valence-corrected chi connectivity index (χ3v) is 4.02. The van der Waals surface area contributed by atoms with Crippen molar-refractivity contribution in [3.8, 4) is 5.75 Å². The lowest BCUT2D eigenvalue weighted by molar-refractivity contribution is 0.0795. The second-order valence-corrected chi connectivity index (χ2v) is 5.66. The number of halogens is 1. The average molecular weight is 348 g/mol. The van der Waals surface area contributed by atoms with Crippen LogP contribution >= 0.6 is 15.9 Å². The summed E-state index contributed by atoms with van der Waals surface area (Å²) >= 11 is 3.42. The summed E-state index contributed by atoms with van der Waals surface area (Å²) in [6.07, 6.45) is 0.838. The second kappa shape index (κ2) is 7.27. The minimum Gasteiger partial charge on any atom is -0.497 e. The summed E-state index contributed by atoms with van der Waals surface area (Å²) in [6, 6.07) is 15.6. The molecule has 3 nitrogen and oxygen atoms in total. The molecular weight excluding hydrogens is 330 g/mol. The molecule has 2 rings (SSSR count). The van der Waals surface area contributed by atoms with Gasteiger partial charge in [0.2, 0.25) is 0 Å². The molecule has 4 heteroatoms. The molecule has 0 atom stereocenters. The van der Waals surface area contributed by atoms with Crippen molar-refractivity contribution >= 4 is 21.8 Å². The lowest BCUT2D eigenvalue weighted by Crippen LogP contribution is -2.29. The lowest BCUT2D eigenvalue weighted by atomic mass is 10.1. The highest BCUT2D eigenvalue weighted by atomic mass is 79.9. The van der Waals surface area contributed by atoms with Crippen LogP contribution in [0.3, 0.4) is 0 Å². The van der Waals surface area contributed by atoms with Gasteiger partial charge in [-0.05, 0) is 46.1 Å². The Labute approximate surface area is 133 Å². The highest BCUT2D eigenvalue weighted by molar-refractivity contribution is 9.10. The molecule has 0 saturated heterocycles. The smallest absolute Gasteiger partial charge is 0.254 e. The Balaban J connectivity index is 2.05. The molecule has 0 fully saturated rings. The van der Waals surface area contributed by atoms with Gasteiger partial charge in [0, 0.05) is 18.1 Å². The minimum atomic E-state index is -0.0169. The van der Waals surface area contributed by atoms with E-state index in [-0.39, 0.29) is 5.91 Å². The number of methoxy groups -OCH3 is 1. The number of amides is 1. The van der Waals surface area contributed by atoms with E-state index in [0.717, 1.165) is 10.9 Å². The van der Waals surface area contributed by atoms with Gasteiger partial charge in [-0.2, -0.15) is 0 Å². The first-order valence-corrected chi connectivity index (χ1v) is 7.54. The molecule has 2 aromatic rings. The van der Waals surface area contributed by atoms with Crippen LogP contribution < -0.4 is 4.74 Å². The monoisotopic (exact) mass is 347 g/mol. The van der Waals surface area contributed by atoms with Crippen LogP contribution in [0.25, 0.3) is 0 Å². The van der Waals surface area contributed by atoms with Crippen molar-refractivity contribution in [3.05, 3.63) is 64.1 Å². The molecule has 0 aromatic heterocycles. The van der Waals surface area contributed by atoms with Crippen LogP contribution in [0, 0.1) is 0 Å². The van der Waals surface area contributed by atoms with Crippen molar-refractivity contribution in [2.45, 2.75) is 6.42 Å². The maximum absolute atomic E-state index is 12.5. The quantitative estimate of drug-likeness (QED) is 0.823. The van der Waals surface area contributed by atoms with E-state index in [1.165, 1.54) is 5.56 Å². The third-order valence-electron chi connectivity index (χ3n) is 3.33. The predicted molar refractivity (Wildman–Crippen MR) is 87.8 cm³/mol. The number of carbonyl (C=O) groups is 1. The van der Waals surface area contributed by atoms with E-state index < -0.39 is 0 Å². The van der Waals surface area contributed by atoms with E-state index in [9.17, 15) is 4.79 Å². The molecule has 0 spiro atoms. The lowest BCUT2D eigenvalue weighted by Gasteiger charge is -2.18. The molecule has 0 aliphatic heterocycles. The largest absolute Gasteiger partial charge is 0.497 e. The Morgan fingerprint density at radius 2 is 1.90 bits per heavy atom. The first-order chi connectivity index (χ1) is 10.1. The van der Waals surface area contributed by atoms with Gasteiger partial charge in [0.05, 0.1) is 12.7 Å². The van der Waals surface area contributed by atoms with Crippen LogP contribution in [0.4, 0.5) is 0 Å². The van der Waals surface area contributed by atoms with Crippen molar-refractivity contribution < 1.29 is 9.53 Å². The van der Waals surface area contributed by atoms with E-state index in [2.05, 4.69) is 28.1 Å². The van der Waals surface area contributed by atoms with Crippen molar-refractivity contribution in [1.29, 1.82) is 0 Å². The summed E-state index contributed by atoms with van der Waals surface area (Å²) in [6.45, 7) is 0.673. The predicted octanol–water partition coefficient (Wildman–Crippen LogP) is 3.77. The standard InChI is InChI=1S/C17H18BrNO2/c1-19(11-10-13-6-4-3-5-7-13)17(20)15-12-14(21-2)8-9-16(15)18/h3-9,12H,10-11H2,1-2H3. The molecular formula is C17H18BrNO2. The summed E-state index contributed by atoms with van der Waals surface area (Å²) in [4.78, 5) is 14.2. The fourth-order valence-electron chi connectivity index (χ4n) is 2.04. The van der Waals surface area contributed by atoms with Crippen LogP contribution in [-0.4, -0.2) is 31.5 Å². The average Bonchev–Trinajstić information content (AvgIpc) is 2.53. The first kappa shape index (κ1) is 15.6. The molecule has 0 radical (unpaired) electrons. The minimum absolute atomic E-state index is 0.0169. The van der Waals surface area contributed by atoms with E-state index in [4.69, 9.17) is 4.74 Å². The molecule has 0 unspecified atom stereocenters. The van der Waals surface area contributed by atoms with Crippen LogP contribution in [0.2, 0.25) is 0 Å². The summed E-state index contributed by atoms with van der Waals surface area (Å²) in [7, 11) is 3.41. The highest BCUT2D eigenvalue weighted by Crippen LogP contribution is 2.23. The van der Waals surface area contributed by atoms with Gasteiger partial charge in [-0.15, -0.1) is 0 Å². The van der Waals surface area contributed by atoms with Crippen LogP contribution in [0.5, 0.6) is 5.75 Å². The highest BCUT2D eigenvalue weighted by Gasteiger charge is 2.15. The van der Waals surface area contributed by atoms with Crippen LogP contribution in [-0.2, 0) is 6.42 Å².